The predicted molar refractivity (Wildman–Crippen MR) is 81.6 cm³/mol. The molecule has 0 saturated heterocycles. The van der Waals surface area contributed by atoms with Crippen LogP contribution >= 0.6 is 23.2 Å². The highest BCUT2D eigenvalue weighted by molar-refractivity contribution is 6.34. The molecule has 6 heteroatoms. The Kier molecular flexibility index (Phi) is 5.12. The molecule has 0 bridgehead atoms. The molecule has 0 radical (unpaired) electrons. The Labute approximate surface area is 133 Å². The minimum Gasteiger partial charge on any atom is -0.480 e. The van der Waals surface area contributed by atoms with E-state index < -0.39 is 12.0 Å². The van der Waals surface area contributed by atoms with Gasteiger partial charge in [0.25, 0.3) is 0 Å². The summed E-state index contributed by atoms with van der Waals surface area (Å²) in [5.41, 5.74) is 0.680. The summed E-state index contributed by atoms with van der Waals surface area (Å²) >= 11 is 11.8. The van der Waals surface area contributed by atoms with Crippen LogP contribution in [0.1, 0.15) is 25.3 Å². The van der Waals surface area contributed by atoms with Crippen molar-refractivity contribution in [3.8, 4) is 0 Å². The molecule has 0 heterocycles. The van der Waals surface area contributed by atoms with Gasteiger partial charge in [-0.2, -0.15) is 0 Å². The maximum atomic E-state index is 12.0. The fourth-order valence-electron chi connectivity index (χ4n) is 2.28. The summed E-state index contributed by atoms with van der Waals surface area (Å²) in [6.07, 6.45) is 2.23. The first kappa shape index (κ1) is 16.1. The van der Waals surface area contributed by atoms with Crippen LogP contribution in [-0.4, -0.2) is 23.0 Å². The van der Waals surface area contributed by atoms with Crippen LogP contribution in [0.25, 0.3) is 0 Å². The van der Waals surface area contributed by atoms with Crippen molar-refractivity contribution in [1.29, 1.82) is 0 Å². The zero-order valence-electron chi connectivity index (χ0n) is 11.6. The lowest BCUT2D eigenvalue weighted by Crippen LogP contribution is -2.44. The summed E-state index contributed by atoms with van der Waals surface area (Å²) in [5.74, 6) is -1.03. The summed E-state index contributed by atoms with van der Waals surface area (Å²) in [4.78, 5) is 23.4. The molecule has 1 aromatic carbocycles. The highest BCUT2D eigenvalue weighted by Crippen LogP contribution is 2.36. The maximum Gasteiger partial charge on any atom is 0.326 e. The van der Waals surface area contributed by atoms with E-state index in [9.17, 15) is 14.7 Å². The number of carbonyl (C=O) groups is 2. The van der Waals surface area contributed by atoms with Gasteiger partial charge in [0.05, 0.1) is 0 Å². The number of carbonyl (C=O) groups excluding carboxylic acids is 1. The van der Waals surface area contributed by atoms with Crippen molar-refractivity contribution in [3.63, 3.8) is 0 Å². The fraction of sp³-hybridized carbons (Fsp3) is 0.467. The molecular formula is C15H17Cl2NO3. The average Bonchev–Trinajstić information content (AvgIpc) is 3.19. The predicted octanol–water partition coefficient (Wildman–Crippen LogP) is 3.15. The van der Waals surface area contributed by atoms with Gasteiger partial charge in [0.15, 0.2) is 0 Å². The number of hydrogen-bond donors (Lipinski definition) is 2. The topological polar surface area (TPSA) is 66.4 Å². The van der Waals surface area contributed by atoms with Crippen LogP contribution in [0.2, 0.25) is 10.0 Å². The van der Waals surface area contributed by atoms with Gasteiger partial charge in [-0.15, -0.1) is 0 Å². The molecule has 0 spiro atoms. The third-order valence-corrected chi connectivity index (χ3v) is 4.16. The molecule has 2 N–H and O–H groups in total. The van der Waals surface area contributed by atoms with E-state index in [1.165, 1.54) is 0 Å². The van der Waals surface area contributed by atoms with Crippen molar-refractivity contribution in [2.45, 2.75) is 32.2 Å². The third kappa shape index (κ3) is 4.61. The summed E-state index contributed by atoms with van der Waals surface area (Å²) in [6, 6.07) is 3.91. The minimum atomic E-state index is -1.07. The van der Waals surface area contributed by atoms with E-state index in [4.69, 9.17) is 23.2 Å². The largest absolute Gasteiger partial charge is 0.480 e. The molecule has 4 nitrogen and oxygen atoms in total. The van der Waals surface area contributed by atoms with E-state index in [0.717, 1.165) is 12.8 Å². The number of carboxylic acid groups (broad SMARTS) is 1. The monoisotopic (exact) mass is 329 g/mol. The molecule has 1 fully saturated rings. The molecule has 2 atom stereocenters. The lowest BCUT2D eigenvalue weighted by atomic mass is 10.0. The van der Waals surface area contributed by atoms with E-state index in [1.54, 1.807) is 18.2 Å². The van der Waals surface area contributed by atoms with Crippen molar-refractivity contribution >= 4 is 35.1 Å². The number of halogens is 2. The molecule has 2 unspecified atom stereocenters. The highest BCUT2D eigenvalue weighted by atomic mass is 35.5. The van der Waals surface area contributed by atoms with Gasteiger partial charge in [0.1, 0.15) is 6.04 Å². The number of nitrogens with one attached hydrogen (secondary N) is 1. The second-order valence-corrected chi connectivity index (χ2v) is 6.38. The van der Waals surface area contributed by atoms with Gasteiger partial charge in [0, 0.05) is 22.4 Å². The fourth-order valence-corrected chi connectivity index (χ4v) is 2.85. The van der Waals surface area contributed by atoms with Crippen molar-refractivity contribution in [2.24, 2.45) is 11.8 Å². The van der Waals surface area contributed by atoms with Gasteiger partial charge < -0.3 is 10.4 Å². The summed E-state index contributed by atoms with van der Waals surface area (Å²) in [6.45, 7) is 1.84. The SMILES string of the molecule is CC(C(=O)NC(Cc1cc(Cl)cc(Cl)c1)C(=O)O)C1CC1. The van der Waals surface area contributed by atoms with Crippen molar-refractivity contribution in [2.75, 3.05) is 0 Å². The van der Waals surface area contributed by atoms with Gasteiger partial charge >= 0.3 is 5.97 Å². The number of benzene rings is 1. The van der Waals surface area contributed by atoms with Crippen LogP contribution < -0.4 is 5.32 Å². The molecule has 0 aromatic heterocycles. The van der Waals surface area contributed by atoms with Crippen LogP contribution in [0, 0.1) is 11.8 Å². The van der Waals surface area contributed by atoms with E-state index in [2.05, 4.69) is 5.32 Å². The lowest BCUT2D eigenvalue weighted by molar-refractivity contribution is -0.142. The van der Waals surface area contributed by atoms with Crippen molar-refractivity contribution < 1.29 is 14.7 Å². The van der Waals surface area contributed by atoms with Crippen LogP contribution in [0.4, 0.5) is 0 Å². The van der Waals surface area contributed by atoms with E-state index >= 15 is 0 Å². The van der Waals surface area contributed by atoms with Gasteiger partial charge in [-0.1, -0.05) is 30.1 Å². The third-order valence-electron chi connectivity index (χ3n) is 3.72. The molecule has 1 saturated carbocycles. The molecule has 1 aliphatic carbocycles. The molecule has 0 aliphatic heterocycles. The van der Waals surface area contributed by atoms with Crippen LogP contribution in [0.15, 0.2) is 18.2 Å². The second-order valence-electron chi connectivity index (χ2n) is 5.51. The lowest BCUT2D eigenvalue weighted by Gasteiger charge is -2.18. The zero-order valence-corrected chi connectivity index (χ0v) is 13.1. The Morgan fingerprint density at radius 2 is 1.86 bits per heavy atom. The quantitative estimate of drug-likeness (QED) is 0.842. The second kappa shape index (κ2) is 6.67. The Balaban J connectivity index is 2.04. The average molecular weight is 330 g/mol. The van der Waals surface area contributed by atoms with Crippen LogP contribution in [0.5, 0.6) is 0 Å². The van der Waals surface area contributed by atoms with Crippen LogP contribution in [-0.2, 0) is 16.0 Å². The first-order valence-electron chi connectivity index (χ1n) is 6.85. The molecular weight excluding hydrogens is 313 g/mol. The highest BCUT2D eigenvalue weighted by Gasteiger charge is 2.34. The maximum absolute atomic E-state index is 12.0. The Morgan fingerprint density at radius 1 is 1.29 bits per heavy atom. The standard InChI is InChI=1S/C15H17Cl2NO3/c1-8(10-2-3-10)14(19)18-13(15(20)21)6-9-4-11(16)7-12(17)5-9/h4-5,7-8,10,13H,2-3,6H2,1H3,(H,18,19)(H,20,21). The van der Waals surface area contributed by atoms with Crippen molar-refractivity contribution in [1.82, 2.24) is 5.32 Å². The Morgan fingerprint density at radius 3 is 2.33 bits per heavy atom. The Hall–Kier alpha value is -1.26. The number of aliphatic carboxylic acids is 1. The van der Waals surface area contributed by atoms with E-state index in [-0.39, 0.29) is 18.2 Å². The molecule has 1 amide bonds. The number of carboxylic acids is 1. The number of rotatable bonds is 6. The summed E-state index contributed by atoms with van der Waals surface area (Å²) in [7, 11) is 0. The first-order chi connectivity index (χ1) is 9.86. The number of amides is 1. The van der Waals surface area contributed by atoms with Gasteiger partial charge in [-0.3, -0.25) is 4.79 Å². The van der Waals surface area contributed by atoms with E-state index in [1.807, 2.05) is 6.92 Å². The molecule has 1 aromatic rings. The molecule has 2 rings (SSSR count). The summed E-state index contributed by atoms with van der Waals surface area (Å²) in [5, 5.41) is 12.8. The Bertz CT molecular complexity index is 538. The smallest absolute Gasteiger partial charge is 0.326 e. The van der Waals surface area contributed by atoms with Crippen LogP contribution in [0.3, 0.4) is 0 Å². The van der Waals surface area contributed by atoms with Crippen molar-refractivity contribution in [3.05, 3.63) is 33.8 Å². The molecule has 114 valence electrons. The number of hydrogen-bond acceptors (Lipinski definition) is 2. The molecule has 1 aliphatic rings. The molecule has 21 heavy (non-hydrogen) atoms. The first-order valence-corrected chi connectivity index (χ1v) is 7.60. The summed E-state index contributed by atoms with van der Waals surface area (Å²) < 4.78 is 0. The minimum absolute atomic E-state index is 0.144. The van der Waals surface area contributed by atoms with Gasteiger partial charge in [-0.25, -0.2) is 4.79 Å². The van der Waals surface area contributed by atoms with Gasteiger partial charge in [0.2, 0.25) is 5.91 Å². The normalized spacial score (nSPS) is 17.1. The zero-order chi connectivity index (χ0) is 15.6. The van der Waals surface area contributed by atoms with E-state index in [0.29, 0.717) is 21.5 Å². The van der Waals surface area contributed by atoms with Gasteiger partial charge in [-0.05, 0) is 42.5 Å².